The summed E-state index contributed by atoms with van der Waals surface area (Å²) in [6.07, 6.45) is 11.3. The van der Waals surface area contributed by atoms with Crippen molar-refractivity contribution in [3.8, 4) is 0 Å². The largest absolute Gasteiger partial charge is 0.372 e. The van der Waals surface area contributed by atoms with Gasteiger partial charge in [0.2, 0.25) is 0 Å². The van der Waals surface area contributed by atoms with E-state index < -0.39 is 0 Å². The van der Waals surface area contributed by atoms with Gasteiger partial charge in [0.1, 0.15) is 5.82 Å². The summed E-state index contributed by atoms with van der Waals surface area (Å²) in [5, 5.41) is 6.64. The molecule has 2 aromatic heterocycles. The summed E-state index contributed by atoms with van der Waals surface area (Å²) < 4.78 is 2.01. The van der Waals surface area contributed by atoms with E-state index in [1.165, 1.54) is 25.7 Å². The van der Waals surface area contributed by atoms with Gasteiger partial charge in [-0.05, 0) is 37.0 Å². The summed E-state index contributed by atoms with van der Waals surface area (Å²) in [4.78, 5) is 8.98. The van der Waals surface area contributed by atoms with Gasteiger partial charge < -0.3 is 15.0 Å². The molecule has 5 nitrogen and oxygen atoms in total. The lowest BCUT2D eigenvalue weighted by Crippen LogP contribution is -2.18. The summed E-state index contributed by atoms with van der Waals surface area (Å²) in [5.41, 5.74) is 1.48. The predicted molar refractivity (Wildman–Crippen MR) is 75.4 cm³/mol. The van der Waals surface area contributed by atoms with Crippen LogP contribution < -0.4 is 10.6 Å². The lowest BCUT2D eigenvalue weighted by molar-refractivity contribution is 0.466. The van der Waals surface area contributed by atoms with Gasteiger partial charge in [0.05, 0.1) is 6.20 Å². The first-order valence-corrected chi connectivity index (χ1v) is 7.06. The smallest absolute Gasteiger partial charge is 0.180 e. The molecule has 0 saturated heterocycles. The third-order valence-electron chi connectivity index (χ3n) is 4.57. The maximum Gasteiger partial charge on any atom is 0.180 e. The van der Waals surface area contributed by atoms with Crippen LogP contribution in [0.25, 0.3) is 5.65 Å². The Morgan fingerprint density at radius 2 is 2.26 bits per heavy atom. The minimum atomic E-state index is 0.570. The Bertz CT molecular complexity index is 609. The molecule has 2 aliphatic rings. The van der Waals surface area contributed by atoms with Crippen LogP contribution in [-0.2, 0) is 0 Å². The van der Waals surface area contributed by atoms with Crippen LogP contribution in [-0.4, -0.2) is 28.0 Å². The molecular formula is C14H19N5. The van der Waals surface area contributed by atoms with Crippen molar-refractivity contribution in [2.45, 2.75) is 25.7 Å². The Kier molecular flexibility index (Phi) is 2.25. The van der Waals surface area contributed by atoms with E-state index in [1.807, 2.05) is 30.0 Å². The maximum absolute atomic E-state index is 4.60. The molecule has 0 aliphatic heterocycles. The normalized spacial score (nSPS) is 20.5. The fraction of sp³-hybridized carbons (Fsp3) is 0.571. The number of anilines is 2. The summed E-state index contributed by atoms with van der Waals surface area (Å²) in [5.74, 6) is 2.72. The molecule has 2 aromatic rings. The second-order valence-electron chi connectivity index (χ2n) is 5.87. The van der Waals surface area contributed by atoms with E-state index >= 15 is 0 Å². The molecule has 0 aromatic carbocycles. The van der Waals surface area contributed by atoms with E-state index in [2.05, 4.69) is 20.6 Å². The molecule has 0 unspecified atom stereocenters. The van der Waals surface area contributed by atoms with Crippen molar-refractivity contribution in [2.75, 3.05) is 24.2 Å². The second-order valence-corrected chi connectivity index (χ2v) is 5.87. The van der Waals surface area contributed by atoms with Crippen molar-refractivity contribution < 1.29 is 0 Å². The quantitative estimate of drug-likeness (QED) is 0.863. The maximum atomic E-state index is 4.60. The SMILES string of the molecule is CNc1cn2ccnc2c(NCC2(C3CC3)CC2)n1. The average molecular weight is 257 g/mol. The molecule has 2 saturated carbocycles. The molecule has 4 rings (SSSR count). The molecule has 2 N–H and O–H groups in total. The average Bonchev–Trinajstić information content (AvgIpc) is 3.33. The Hall–Kier alpha value is -1.78. The highest BCUT2D eigenvalue weighted by Gasteiger charge is 2.53. The number of hydrogen-bond donors (Lipinski definition) is 2. The van der Waals surface area contributed by atoms with Crippen LogP contribution in [0.4, 0.5) is 11.6 Å². The number of aromatic nitrogens is 3. The fourth-order valence-corrected chi connectivity index (χ4v) is 3.02. The molecule has 0 radical (unpaired) electrons. The van der Waals surface area contributed by atoms with E-state index in [4.69, 9.17) is 0 Å². The second kappa shape index (κ2) is 3.85. The first kappa shape index (κ1) is 11.1. The Morgan fingerprint density at radius 1 is 1.42 bits per heavy atom. The van der Waals surface area contributed by atoms with Crippen LogP contribution in [0.1, 0.15) is 25.7 Å². The van der Waals surface area contributed by atoms with Crippen LogP contribution >= 0.6 is 0 Å². The van der Waals surface area contributed by atoms with E-state index in [1.54, 1.807) is 0 Å². The van der Waals surface area contributed by atoms with E-state index in [-0.39, 0.29) is 0 Å². The molecular weight excluding hydrogens is 238 g/mol. The van der Waals surface area contributed by atoms with Crippen LogP contribution in [0, 0.1) is 11.3 Å². The number of nitrogens with zero attached hydrogens (tertiary/aromatic N) is 3. The van der Waals surface area contributed by atoms with E-state index in [0.717, 1.165) is 29.7 Å². The lowest BCUT2D eigenvalue weighted by atomic mass is 10.0. The summed E-state index contributed by atoms with van der Waals surface area (Å²) in [7, 11) is 1.89. The van der Waals surface area contributed by atoms with Crippen molar-refractivity contribution in [1.29, 1.82) is 0 Å². The van der Waals surface area contributed by atoms with Crippen molar-refractivity contribution >= 4 is 17.3 Å². The highest BCUT2D eigenvalue weighted by Crippen LogP contribution is 2.61. The highest BCUT2D eigenvalue weighted by molar-refractivity contribution is 5.65. The van der Waals surface area contributed by atoms with Crippen LogP contribution in [0.3, 0.4) is 0 Å². The molecule has 100 valence electrons. The molecule has 0 amide bonds. The van der Waals surface area contributed by atoms with Gasteiger partial charge >= 0.3 is 0 Å². The molecule has 5 heteroatoms. The highest BCUT2D eigenvalue weighted by atomic mass is 15.1. The van der Waals surface area contributed by atoms with Crippen LogP contribution in [0.2, 0.25) is 0 Å². The third kappa shape index (κ3) is 1.84. The van der Waals surface area contributed by atoms with Crippen molar-refractivity contribution in [2.24, 2.45) is 11.3 Å². The lowest BCUT2D eigenvalue weighted by Gasteiger charge is -2.16. The topological polar surface area (TPSA) is 54.2 Å². The zero-order valence-electron chi connectivity index (χ0n) is 11.2. The molecule has 2 aliphatic carbocycles. The fourth-order valence-electron chi connectivity index (χ4n) is 3.02. The minimum Gasteiger partial charge on any atom is -0.372 e. The number of nitrogens with one attached hydrogen (secondary N) is 2. The Labute approximate surface area is 112 Å². The zero-order valence-corrected chi connectivity index (χ0v) is 11.2. The Morgan fingerprint density at radius 3 is 2.95 bits per heavy atom. The first-order chi connectivity index (χ1) is 9.31. The van der Waals surface area contributed by atoms with Gasteiger partial charge in [-0.2, -0.15) is 0 Å². The number of fused-ring (bicyclic) bond motifs is 1. The van der Waals surface area contributed by atoms with Gasteiger partial charge in [-0.15, -0.1) is 0 Å². The molecule has 0 atom stereocenters. The van der Waals surface area contributed by atoms with Gasteiger partial charge in [-0.1, -0.05) is 0 Å². The van der Waals surface area contributed by atoms with Gasteiger partial charge in [0, 0.05) is 26.0 Å². The predicted octanol–water partition coefficient (Wildman–Crippen LogP) is 2.37. The van der Waals surface area contributed by atoms with Gasteiger partial charge in [-0.25, -0.2) is 9.97 Å². The van der Waals surface area contributed by atoms with Crippen molar-refractivity contribution in [1.82, 2.24) is 14.4 Å². The Balaban J connectivity index is 1.60. The van der Waals surface area contributed by atoms with E-state index in [0.29, 0.717) is 5.41 Å². The monoisotopic (exact) mass is 257 g/mol. The van der Waals surface area contributed by atoms with Crippen LogP contribution in [0.5, 0.6) is 0 Å². The van der Waals surface area contributed by atoms with Crippen molar-refractivity contribution in [3.05, 3.63) is 18.6 Å². The molecule has 2 heterocycles. The number of rotatable bonds is 5. The third-order valence-corrected chi connectivity index (χ3v) is 4.57. The van der Waals surface area contributed by atoms with Gasteiger partial charge in [-0.3, -0.25) is 0 Å². The summed E-state index contributed by atoms with van der Waals surface area (Å²) >= 11 is 0. The number of imidazole rings is 1. The first-order valence-electron chi connectivity index (χ1n) is 7.06. The standard InChI is InChI=1S/C14H19N5/c1-15-11-8-19-7-6-16-13(19)12(18-11)17-9-14(4-5-14)10-2-3-10/h6-8,10,15H,2-5,9H2,1H3,(H,17,18). The van der Waals surface area contributed by atoms with Gasteiger partial charge in [0.15, 0.2) is 11.5 Å². The van der Waals surface area contributed by atoms with E-state index in [9.17, 15) is 0 Å². The molecule has 0 spiro atoms. The number of hydrogen-bond acceptors (Lipinski definition) is 4. The molecule has 0 bridgehead atoms. The zero-order chi connectivity index (χ0) is 12.9. The minimum absolute atomic E-state index is 0.570. The summed E-state index contributed by atoms with van der Waals surface area (Å²) in [6.45, 7) is 1.04. The van der Waals surface area contributed by atoms with Crippen LogP contribution in [0.15, 0.2) is 18.6 Å². The molecule has 19 heavy (non-hydrogen) atoms. The molecule has 2 fully saturated rings. The van der Waals surface area contributed by atoms with Crippen molar-refractivity contribution in [3.63, 3.8) is 0 Å². The summed E-state index contributed by atoms with van der Waals surface area (Å²) in [6, 6.07) is 0. The van der Waals surface area contributed by atoms with Gasteiger partial charge in [0.25, 0.3) is 0 Å².